The van der Waals surface area contributed by atoms with Gasteiger partial charge in [-0.05, 0) is 43.2 Å². The second-order valence-corrected chi connectivity index (χ2v) is 7.21. The molecule has 1 atom stereocenters. The third-order valence-electron chi connectivity index (χ3n) is 3.47. The average molecular weight is 350 g/mol. The highest BCUT2D eigenvalue weighted by atomic mass is 32.2. The largest absolute Gasteiger partial charge is 0.511 e. The van der Waals surface area contributed by atoms with Gasteiger partial charge in [-0.1, -0.05) is 12.1 Å². The lowest BCUT2D eigenvalue weighted by molar-refractivity contribution is -0.147. The molecule has 1 aliphatic rings. The first-order valence-corrected chi connectivity index (χ1v) is 8.45. The summed E-state index contributed by atoms with van der Waals surface area (Å²) >= 11 is 0. The van der Waals surface area contributed by atoms with Gasteiger partial charge in [0, 0.05) is 6.07 Å². The van der Waals surface area contributed by atoms with E-state index >= 15 is 0 Å². The third-order valence-corrected chi connectivity index (χ3v) is 5.37. The normalized spacial score (nSPS) is 16.0. The van der Waals surface area contributed by atoms with Crippen LogP contribution in [-0.2, 0) is 14.6 Å². The number of carbonyl (C=O) groups is 1. The highest BCUT2D eigenvalue weighted by molar-refractivity contribution is 7.91. The van der Waals surface area contributed by atoms with Gasteiger partial charge in [-0.2, -0.15) is 0 Å². The number of fused-ring (bicyclic) bond motifs is 1. The van der Waals surface area contributed by atoms with Crippen LogP contribution >= 0.6 is 0 Å². The van der Waals surface area contributed by atoms with Crippen LogP contribution in [0.1, 0.15) is 11.1 Å². The summed E-state index contributed by atoms with van der Waals surface area (Å²) in [7, 11) is -3.75. The lowest BCUT2D eigenvalue weighted by Crippen LogP contribution is -2.24. The van der Waals surface area contributed by atoms with Crippen LogP contribution in [-0.4, -0.2) is 26.2 Å². The van der Waals surface area contributed by atoms with Crippen LogP contribution in [0.2, 0.25) is 0 Å². The number of hydrogen-bond donors (Lipinski definition) is 1. The number of ether oxygens (including phenoxy) is 3. The Morgan fingerprint density at radius 1 is 1.12 bits per heavy atom. The molecule has 1 aliphatic heterocycles. The molecule has 0 amide bonds. The topological polar surface area (TPSA) is 99.1 Å². The smallest absolute Gasteiger partial charge is 0.450 e. The number of sulfone groups is 1. The molecule has 2 aromatic rings. The molecule has 1 unspecified atom stereocenters. The maximum atomic E-state index is 12.8. The maximum absolute atomic E-state index is 12.8. The molecule has 0 saturated carbocycles. The molecule has 0 fully saturated rings. The molecule has 0 bridgehead atoms. The number of hydrogen-bond acceptors (Lipinski definition) is 6. The van der Waals surface area contributed by atoms with E-state index in [1.807, 2.05) is 0 Å². The van der Waals surface area contributed by atoms with Gasteiger partial charge in [0.25, 0.3) is 0 Å². The molecule has 1 N–H and O–H groups in total. The molecular formula is C16H14O7S. The van der Waals surface area contributed by atoms with Gasteiger partial charge in [0.1, 0.15) is 0 Å². The lowest BCUT2D eigenvalue weighted by atomic mass is 10.2. The van der Waals surface area contributed by atoms with E-state index in [1.165, 1.54) is 18.2 Å². The van der Waals surface area contributed by atoms with E-state index in [4.69, 9.17) is 14.6 Å². The fourth-order valence-electron chi connectivity index (χ4n) is 2.39. The van der Waals surface area contributed by atoms with Gasteiger partial charge < -0.3 is 19.3 Å². The number of carboxylic acid groups (broad SMARTS) is 1. The van der Waals surface area contributed by atoms with Crippen molar-refractivity contribution in [2.75, 3.05) is 0 Å². The van der Waals surface area contributed by atoms with Crippen molar-refractivity contribution in [3.8, 4) is 11.5 Å². The quantitative estimate of drug-likeness (QED) is 0.850. The number of benzene rings is 2. The first kappa shape index (κ1) is 16.1. The molecule has 0 saturated heterocycles. The SMILES string of the molecule is Cc1cccc(S(=O)(=O)c2cc3c(cc2C)OC(OC(=O)O)O3)c1. The van der Waals surface area contributed by atoms with E-state index in [-0.39, 0.29) is 21.3 Å². The van der Waals surface area contributed by atoms with E-state index in [0.717, 1.165) is 5.56 Å². The summed E-state index contributed by atoms with van der Waals surface area (Å²) in [5, 5.41) is 8.59. The Balaban J connectivity index is 2.01. The van der Waals surface area contributed by atoms with Crippen LogP contribution < -0.4 is 9.47 Å². The van der Waals surface area contributed by atoms with Crippen molar-refractivity contribution in [2.24, 2.45) is 0 Å². The molecule has 0 aliphatic carbocycles. The van der Waals surface area contributed by atoms with Gasteiger partial charge >= 0.3 is 12.6 Å². The lowest BCUT2D eigenvalue weighted by Gasteiger charge is -2.09. The summed E-state index contributed by atoms with van der Waals surface area (Å²) in [4.78, 5) is 10.8. The minimum absolute atomic E-state index is 0.0615. The van der Waals surface area contributed by atoms with Crippen molar-refractivity contribution < 1.29 is 32.5 Å². The van der Waals surface area contributed by atoms with Crippen LogP contribution in [0.3, 0.4) is 0 Å². The zero-order valence-electron chi connectivity index (χ0n) is 12.8. The Labute approximate surface area is 138 Å². The predicted octanol–water partition coefficient (Wildman–Crippen LogP) is 2.89. The Bertz CT molecular complexity index is 918. The van der Waals surface area contributed by atoms with Crippen LogP contribution in [0.15, 0.2) is 46.2 Å². The van der Waals surface area contributed by atoms with Gasteiger partial charge in [-0.3, -0.25) is 0 Å². The van der Waals surface area contributed by atoms with E-state index in [2.05, 4.69) is 4.74 Å². The number of aryl methyl sites for hydroxylation is 2. The molecule has 8 heteroatoms. The van der Waals surface area contributed by atoms with Crippen molar-refractivity contribution in [3.05, 3.63) is 47.5 Å². The van der Waals surface area contributed by atoms with E-state index in [1.54, 1.807) is 32.0 Å². The van der Waals surface area contributed by atoms with Gasteiger partial charge in [-0.15, -0.1) is 0 Å². The maximum Gasteiger partial charge on any atom is 0.511 e. The van der Waals surface area contributed by atoms with Gasteiger partial charge in [-0.25, -0.2) is 13.2 Å². The minimum atomic E-state index is -3.75. The molecule has 0 aromatic heterocycles. The summed E-state index contributed by atoms with van der Waals surface area (Å²) in [6.45, 7) is 1.98. The monoisotopic (exact) mass is 350 g/mol. The molecule has 0 spiro atoms. The second kappa shape index (κ2) is 5.72. The van der Waals surface area contributed by atoms with Crippen LogP contribution in [0.5, 0.6) is 11.5 Å². The molecule has 24 heavy (non-hydrogen) atoms. The highest BCUT2D eigenvalue weighted by Crippen LogP contribution is 2.40. The minimum Gasteiger partial charge on any atom is -0.450 e. The Morgan fingerprint density at radius 2 is 1.79 bits per heavy atom. The van der Waals surface area contributed by atoms with Crippen molar-refractivity contribution in [2.45, 2.75) is 30.1 Å². The highest BCUT2D eigenvalue weighted by Gasteiger charge is 2.31. The Kier molecular flexibility index (Phi) is 3.84. The van der Waals surface area contributed by atoms with E-state index in [9.17, 15) is 13.2 Å². The standard InChI is InChI=1S/C16H14O7S/c1-9-4-3-5-11(6-9)24(19,20)14-8-13-12(7-10(14)2)21-16(22-13)23-15(17)18/h3-8,16H,1-2H3,(H,17,18). The van der Waals surface area contributed by atoms with E-state index < -0.39 is 22.5 Å². The zero-order chi connectivity index (χ0) is 17.5. The average Bonchev–Trinajstić information content (AvgIpc) is 2.86. The van der Waals surface area contributed by atoms with Crippen molar-refractivity contribution in [1.82, 2.24) is 0 Å². The van der Waals surface area contributed by atoms with Gasteiger partial charge in [0.05, 0.1) is 9.79 Å². The van der Waals surface area contributed by atoms with Crippen LogP contribution in [0.25, 0.3) is 0 Å². The molecule has 2 aromatic carbocycles. The molecular weight excluding hydrogens is 336 g/mol. The molecule has 1 heterocycles. The number of rotatable bonds is 3. The van der Waals surface area contributed by atoms with Gasteiger partial charge in [0.2, 0.25) is 9.84 Å². The molecule has 3 rings (SSSR count). The summed E-state index contributed by atoms with van der Waals surface area (Å²) < 4.78 is 40.4. The summed E-state index contributed by atoms with van der Waals surface area (Å²) in [5.74, 6) is 0.333. The van der Waals surface area contributed by atoms with Crippen LogP contribution in [0.4, 0.5) is 4.79 Å². The Hall–Kier alpha value is -2.74. The first-order chi connectivity index (χ1) is 11.3. The summed E-state index contributed by atoms with van der Waals surface area (Å²) in [6, 6.07) is 9.36. The predicted molar refractivity (Wildman–Crippen MR) is 82.0 cm³/mol. The fraction of sp³-hybridized carbons (Fsp3) is 0.188. The van der Waals surface area contributed by atoms with E-state index in [0.29, 0.717) is 5.56 Å². The van der Waals surface area contributed by atoms with Gasteiger partial charge in [0.15, 0.2) is 11.5 Å². The molecule has 7 nitrogen and oxygen atoms in total. The van der Waals surface area contributed by atoms with Crippen molar-refractivity contribution in [1.29, 1.82) is 0 Å². The van der Waals surface area contributed by atoms with Crippen LogP contribution in [0, 0.1) is 13.8 Å². The summed E-state index contributed by atoms with van der Waals surface area (Å²) in [5.41, 5.74) is 1.28. The van der Waals surface area contributed by atoms with Crippen molar-refractivity contribution >= 4 is 16.0 Å². The second-order valence-electron chi connectivity index (χ2n) is 5.29. The fourth-order valence-corrected chi connectivity index (χ4v) is 3.99. The summed E-state index contributed by atoms with van der Waals surface area (Å²) in [6.07, 6.45) is -1.56. The molecule has 126 valence electrons. The zero-order valence-corrected chi connectivity index (χ0v) is 13.7. The molecule has 0 radical (unpaired) electrons. The third kappa shape index (κ3) is 2.88. The first-order valence-electron chi connectivity index (χ1n) is 6.96. The van der Waals surface area contributed by atoms with Crippen molar-refractivity contribution in [3.63, 3.8) is 0 Å². The Morgan fingerprint density at radius 3 is 2.42 bits per heavy atom.